The molecule has 1 aliphatic heterocycles. The van der Waals surface area contributed by atoms with Gasteiger partial charge in [0.25, 0.3) is 0 Å². The van der Waals surface area contributed by atoms with Gasteiger partial charge in [0.1, 0.15) is 0 Å². The second kappa shape index (κ2) is 3.39. The maximum absolute atomic E-state index is 5.97. The van der Waals surface area contributed by atoms with Crippen molar-refractivity contribution in [3.8, 4) is 0 Å². The zero-order chi connectivity index (χ0) is 10.3. The third kappa shape index (κ3) is 1.36. The Morgan fingerprint density at radius 3 is 2.64 bits per heavy atom. The van der Waals surface area contributed by atoms with Gasteiger partial charge in [0, 0.05) is 0 Å². The fourth-order valence-corrected chi connectivity index (χ4v) is 2.30. The minimum absolute atomic E-state index is 0.261. The molecule has 0 amide bonds. The van der Waals surface area contributed by atoms with Crippen LogP contribution in [0.5, 0.6) is 0 Å². The highest BCUT2D eigenvalue weighted by Crippen LogP contribution is 2.43. The van der Waals surface area contributed by atoms with Crippen LogP contribution in [0.25, 0.3) is 0 Å². The highest BCUT2D eigenvalue weighted by molar-refractivity contribution is 5.40. The third-order valence-corrected chi connectivity index (χ3v) is 3.04. The molecule has 2 atom stereocenters. The Hall–Kier alpha value is -0.820. The second-order valence-electron chi connectivity index (χ2n) is 4.52. The van der Waals surface area contributed by atoms with Crippen molar-refractivity contribution in [3.63, 3.8) is 0 Å². The van der Waals surface area contributed by atoms with Crippen LogP contribution >= 0.6 is 0 Å². The topological polar surface area (TPSA) is 9.23 Å². The summed E-state index contributed by atoms with van der Waals surface area (Å²) in [5.41, 5.74) is 4.17. The van der Waals surface area contributed by atoms with Crippen LogP contribution in [-0.4, -0.2) is 0 Å². The monoisotopic (exact) mass is 190 g/mol. The van der Waals surface area contributed by atoms with Gasteiger partial charge in [-0.1, -0.05) is 32.0 Å². The highest BCUT2D eigenvalue weighted by Gasteiger charge is 2.31. The van der Waals surface area contributed by atoms with Crippen molar-refractivity contribution in [1.82, 2.24) is 0 Å². The fraction of sp³-hybridized carbons (Fsp3) is 0.538. The Bertz CT molecular complexity index is 341. The van der Waals surface area contributed by atoms with E-state index in [9.17, 15) is 0 Å². The Morgan fingerprint density at radius 1 is 1.29 bits per heavy atom. The number of hydrogen-bond donors (Lipinski definition) is 0. The molecule has 0 aromatic heterocycles. The fourth-order valence-electron chi connectivity index (χ4n) is 2.30. The average molecular weight is 190 g/mol. The molecule has 0 radical (unpaired) electrons. The van der Waals surface area contributed by atoms with E-state index in [4.69, 9.17) is 4.74 Å². The summed E-state index contributed by atoms with van der Waals surface area (Å²) in [6.07, 6.45) is 0.554. The lowest BCUT2D eigenvalue weighted by molar-refractivity contribution is -0.00473. The first kappa shape index (κ1) is 9.72. The normalized spacial score (nSPS) is 25.5. The quantitative estimate of drug-likeness (QED) is 0.654. The molecule has 0 fully saturated rings. The van der Waals surface area contributed by atoms with Gasteiger partial charge < -0.3 is 4.74 Å². The second-order valence-corrected chi connectivity index (χ2v) is 4.52. The molecule has 1 aromatic carbocycles. The standard InChI is InChI=1S/C13H18O/c1-8(2)13-12-9(3)6-5-7-11(12)10(4)14-13/h5-8,10,13H,1-4H3. The Kier molecular flexibility index (Phi) is 2.36. The minimum atomic E-state index is 0.261. The minimum Gasteiger partial charge on any atom is -0.366 e. The van der Waals surface area contributed by atoms with E-state index in [0.29, 0.717) is 12.0 Å². The highest BCUT2D eigenvalue weighted by atomic mass is 16.5. The van der Waals surface area contributed by atoms with Crippen LogP contribution in [0, 0.1) is 12.8 Å². The molecule has 76 valence electrons. The third-order valence-electron chi connectivity index (χ3n) is 3.04. The van der Waals surface area contributed by atoms with E-state index in [1.54, 1.807) is 0 Å². The van der Waals surface area contributed by atoms with Gasteiger partial charge in [0.2, 0.25) is 0 Å². The maximum atomic E-state index is 5.97. The summed E-state index contributed by atoms with van der Waals surface area (Å²) in [4.78, 5) is 0. The van der Waals surface area contributed by atoms with E-state index in [2.05, 4.69) is 45.9 Å². The first-order valence-corrected chi connectivity index (χ1v) is 5.36. The predicted molar refractivity (Wildman–Crippen MR) is 58.3 cm³/mol. The van der Waals surface area contributed by atoms with Gasteiger partial charge in [0.05, 0.1) is 12.2 Å². The zero-order valence-corrected chi connectivity index (χ0v) is 9.37. The molecule has 0 N–H and O–H groups in total. The zero-order valence-electron chi connectivity index (χ0n) is 9.37. The van der Waals surface area contributed by atoms with Crippen LogP contribution in [0.1, 0.15) is 49.7 Å². The van der Waals surface area contributed by atoms with Crippen molar-refractivity contribution in [2.24, 2.45) is 5.92 Å². The Morgan fingerprint density at radius 2 is 2.00 bits per heavy atom. The summed E-state index contributed by atoms with van der Waals surface area (Å²) in [5.74, 6) is 0.555. The SMILES string of the molecule is Cc1cccc2c1C(C(C)C)OC2C. The molecular weight excluding hydrogens is 172 g/mol. The summed E-state index contributed by atoms with van der Waals surface area (Å²) in [6, 6.07) is 6.49. The van der Waals surface area contributed by atoms with Gasteiger partial charge in [0.15, 0.2) is 0 Å². The van der Waals surface area contributed by atoms with Crippen LogP contribution in [0.3, 0.4) is 0 Å². The number of ether oxygens (including phenoxy) is 1. The van der Waals surface area contributed by atoms with Gasteiger partial charge >= 0.3 is 0 Å². The average Bonchev–Trinajstić information content (AvgIpc) is 2.46. The van der Waals surface area contributed by atoms with Crippen molar-refractivity contribution >= 4 is 0 Å². The summed E-state index contributed by atoms with van der Waals surface area (Å²) in [6.45, 7) is 8.76. The first-order chi connectivity index (χ1) is 6.61. The van der Waals surface area contributed by atoms with Crippen LogP contribution in [-0.2, 0) is 4.74 Å². The lowest BCUT2D eigenvalue weighted by Gasteiger charge is -2.17. The maximum Gasteiger partial charge on any atom is 0.0862 e. The van der Waals surface area contributed by atoms with Gasteiger partial charge in [-0.15, -0.1) is 0 Å². The van der Waals surface area contributed by atoms with E-state index in [1.807, 2.05) is 0 Å². The Labute approximate surface area is 86.1 Å². The van der Waals surface area contributed by atoms with Crippen molar-refractivity contribution in [2.45, 2.75) is 39.9 Å². The summed E-state index contributed by atoms with van der Waals surface area (Å²) in [5, 5.41) is 0. The van der Waals surface area contributed by atoms with Crippen molar-refractivity contribution in [2.75, 3.05) is 0 Å². The van der Waals surface area contributed by atoms with E-state index >= 15 is 0 Å². The smallest absolute Gasteiger partial charge is 0.0862 e. The molecule has 0 saturated heterocycles. The lowest BCUT2D eigenvalue weighted by Crippen LogP contribution is -2.06. The van der Waals surface area contributed by atoms with Crippen molar-refractivity contribution in [3.05, 3.63) is 34.9 Å². The summed E-state index contributed by atoms with van der Waals surface area (Å²) >= 11 is 0. The molecule has 0 spiro atoms. The number of rotatable bonds is 1. The molecule has 1 nitrogen and oxygen atoms in total. The first-order valence-electron chi connectivity index (χ1n) is 5.36. The van der Waals surface area contributed by atoms with Crippen LogP contribution in [0.4, 0.5) is 0 Å². The van der Waals surface area contributed by atoms with Crippen LogP contribution in [0.15, 0.2) is 18.2 Å². The molecular formula is C13H18O. The molecule has 2 rings (SSSR count). The van der Waals surface area contributed by atoms with Gasteiger partial charge in [-0.05, 0) is 36.5 Å². The Balaban J connectivity index is 2.51. The molecule has 0 bridgehead atoms. The van der Waals surface area contributed by atoms with E-state index in [-0.39, 0.29) is 6.10 Å². The van der Waals surface area contributed by atoms with E-state index in [0.717, 1.165) is 0 Å². The molecule has 1 aliphatic rings. The molecule has 2 unspecified atom stereocenters. The summed E-state index contributed by atoms with van der Waals surface area (Å²) in [7, 11) is 0. The lowest BCUT2D eigenvalue weighted by atomic mass is 9.92. The molecule has 0 aliphatic carbocycles. The van der Waals surface area contributed by atoms with Gasteiger partial charge in [-0.25, -0.2) is 0 Å². The van der Waals surface area contributed by atoms with E-state index < -0.39 is 0 Å². The molecule has 1 heteroatoms. The number of aryl methyl sites for hydroxylation is 1. The van der Waals surface area contributed by atoms with Crippen LogP contribution < -0.4 is 0 Å². The molecule has 0 saturated carbocycles. The molecule has 14 heavy (non-hydrogen) atoms. The largest absolute Gasteiger partial charge is 0.366 e. The predicted octanol–water partition coefficient (Wildman–Crippen LogP) is 3.78. The number of hydrogen-bond acceptors (Lipinski definition) is 1. The van der Waals surface area contributed by atoms with E-state index in [1.165, 1.54) is 16.7 Å². The number of benzene rings is 1. The van der Waals surface area contributed by atoms with Crippen molar-refractivity contribution in [1.29, 1.82) is 0 Å². The van der Waals surface area contributed by atoms with Crippen LogP contribution in [0.2, 0.25) is 0 Å². The van der Waals surface area contributed by atoms with Crippen molar-refractivity contribution < 1.29 is 4.74 Å². The van der Waals surface area contributed by atoms with Gasteiger partial charge in [-0.3, -0.25) is 0 Å². The van der Waals surface area contributed by atoms with Gasteiger partial charge in [-0.2, -0.15) is 0 Å². The number of fused-ring (bicyclic) bond motifs is 1. The summed E-state index contributed by atoms with van der Waals surface area (Å²) < 4.78 is 5.97. The molecule has 1 heterocycles. The molecule has 1 aromatic rings.